The van der Waals surface area contributed by atoms with E-state index in [4.69, 9.17) is 0 Å². The first kappa shape index (κ1) is 16.3. The van der Waals surface area contributed by atoms with Crippen LogP contribution in [0.15, 0.2) is 0 Å². The van der Waals surface area contributed by atoms with E-state index < -0.39 is 0 Å². The zero-order chi connectivity index (χ0) is 14.6. The zero-order valence-electron chi connectivity index (χ0n) is 13.8. The molecule has 2 aliphatic heterocycles. The van der Waals surface area contributed by atoms with E-state index in [1.54, 1.807) is 0 Å². The minimum atomic E-state index is -0.0743. The lowest BCUT2D eigenvalue weighted by atomic mass is 9.87. The Bertz CT molecular complexity index is 279. The number of aliphatic hydroxyl groups is 1. The number of aliphatic hydroxyl groups excluding tert-OH is 1. The predicted molar refractivity (Wildman–Crippen MR) is 84.9 cm³/mol. The maximum absolute atomic E-state index is 9.97. The van der Waals surface area contributed by atoms with Crippen molar-refractivity contribution in [1.29, 1.82) is 0 Å². The summed E-state index contributed by atoms with van der Waals surface area (Å²) < 4.78 is 0. The number of likely N-dealkylation sites (tertiary alicyclic amines) is 2. The molecule has 2 heterocycles. The van der Waals surface area contributed by atoms with Crippen LogP contribution in [0.5, 0.6) is 0 Å². The number of piperidine rings is 1. The van der Waals surface area contributed by atoms with E-state index in [2.05, 4.69) is 30.6 Å². The molecule has 0 radical (unpaired) electrons. The molecule has 2 fully saturated rings. The lowest BCUT2D eigenvalue weighted by Gasteiger charge is -2.39. The van der Waals surface area contributed by atoms with Gasteiger partial charge in [0.25, 0.3) is 0 Å². The Morgan fingerprint density at radius 2 is 1.50 bits per heavy atom. The summed E-state index contributed by atoms with van der Waals surface area (Å²) in [5, 5.41) is 9.97. The molecule has 0 aliphatic carbocycles. The van der Waals surface area contributed by atoms with E-state index in [1.807, 2.05) is 0 Å². The Morgan fingerprint density at radius 1 is 1.00 bits per heavy atom. The van der Waals surface area contributed by atoms with Gasteiger partial charge >= 0.3 is 0 Å². The first-order valence-electron chi connectivity index (χ1n) is 8.63. The lowest BCUT2D eigenvalue weighted by Crippen LogP contribution is -2.45. The van der Waals surface area contributed by atoms with Gasteiger partial charge in [0.2, 0.25) is 0 Å². The van der Waals surface area contributed by atoms with Gasteiger partial charge in [-0.1, -0.05) is 20.8 Å². The Hall–Kier alpha value is -0.120. The first-order valence-corrected chi connectivity index (χ1v) is 8.63. The van der Waals surface area contributed by atoms with Gasteiger partial charge in [-0.05, 0) is 69.6 Å². The molecule has 0 saturated carbocycles. The molecule has 118 valence electrons. The molecule has 3 heteroatoms. The Kier molecular flexibility index (Phi) is 5.88. The van der Waals surface area contributed by atoms with E-state index in [1.165, 1.54) is 65.0 Å². The minimum absolute atomic E-state index is 0.0743. The van der Waals surface area contributed by atoms with Crippen LogP contribution in [-0.2, 0) is 0 Å². The summed E-state index contributed by atoms with van der Waals surface area (Å²) in [4.78, 5) is 5.25. The van der Waals surface area contributed by atoms with Crippen molar-refractivity contribution in [2.45, 2.75) is 59.0 Å². The van der Waals surface area contributed by atoms with Crippen molar-refractivity contribution in [2.75, 3.05) is 39.3 Å². The van der Waals surface area contributed by atoms with Crippen LogP contribution < -0.4 is 0 Å². The predicted octanol–water partition coefficient (Wildman–Crippen LogP) is 2.59. The third-order valence-corrected chi connectivity index (χ3v) is 5.10. The highest BCUT2D eigenvalue weighted by Crippen LogP contribution is 2.27. The van der Waals surface area contributed by atoms with Crippen LogP contribution >= 0.6 is 0 Å². The summed E-state index contributed by atoms with van der Waals surface area (Å²) >= 11 is 0. The van der Waals surface area contributed by atoms with Crippen LogP contribution in [0.1, 0.15) is 52.9 Å². The zero-order valence-corrected chi connectivity index (χ0v) is 13.8. The molecule has 2 rings (SSSR count). The van der Waals surface area contributed by atoms with Gasteiger partial charge in [0, 0.05) is 13.1 Å². The van der Waals surface area contributed by atoms with Gasteiger partial charge in [-0.2, -0.15) is 0 Å². The van der Waals surface area contributed by atoms with E-state index in [0.29, 0.717) is 11.3 Å². The summed E-state index contributed by atoms with van der Waals surface area (Å²) in [6.07, 6.45) is 5.95. The van der Waals surface area contributed by atoms with Crippen molar-refractivity contribution in [3.05, 3.63) is 0 Å². The van der Waals surface area contributed by atoms with Crippen LogP contribution in [0, 0.1) is 11.3 Å². The van der Waals surface area contributed by atoms with Crippen LogP contribution in [0.3, 0.4) is 0 Å². The number of hydrogen-bond donors (Lipinski definition) is 1. The monoisotopic (exact) mass is 282 g/mol. The molecular formula is C17H34N2O. The summed E-state index contributed by atoms with van der Waals surface area (Å²) in [5.74, 6) is 0.540. The summed E-state index contributed by atoms with van der Waals surface area (Å²) in [7, 11) is 0. The average Bonchev–Trinajstić information content (AvgIpc) is 2.90. The Morgan fingerprint density at radius 3 is 2.00 bits per heavy atom. The molecule has 20 heavy (non-hydrogen) atoms. The van der Waals surface area contributed by atoms with Crippen LogP contribution in [-0.4, -0.2) is 60.3 Å². The van der Waals surface area contributed by atoms with E-state index in [-0.39, 0.29) is 6.10 Å². The second-order valence-electron chi connectivity index (χ2n) is 7.74. The molecule has 1 unspecified atom stereocenters. The van der Waals surface area contributed by atoms with Gasteiger partial charge in [-0.25, -0.2) is 0 Å². The summed E-state index contributed by atoms with van der Waals surface area (Å²) in [5.41, 5.74) is 0.389. The standard InChI is InChI=1S/C17H34N2O/c1-4-16(20)15-7-11-19(12-8-15)14-17(2,3)13-18-9-5-6-10-18/h15-16,20H,4-14H2,1-3H3. The Balaban J connectivity index is 1.73. The highest BCUT2D eigenvalue weighted by atomic mass is 16.3. The smallest absolute Gasteiger partial charge is 0.0566 e. The second kappa shape index (κ2) is 7.24. The molecule has 1 atom stereocenters. The van der Waals surface area contributed by atoms with E-state index >= 15 is 0 Å². The summed E-state index contributed by atoms with van der Waals surface area (Å²) in [6, 6.07) is 0. The van der Waals surface area contributed by atoms with Crippen molar-refractivity contribution in [2.24, 2.45) is 11.3 Å². The molecule has 3 nitrogen and oxygen atoms in total. The SMILES string of the molecule is CCC(O)C1CCN(CC(C)(C)CN2CCCC2)CC1. The maximum Gasteiger partial charge on any atom is 0.0566 e. The normalized spacial score (nSPS) is 25.2. The van der Waals surface area contributed by atoms with Crippen molar-refractivity contribution < 1.29 is 5.11 Å². The van der Waals surface area contributed by atoms with Crippen LogP contribution in [0.2, 0.25) is 0 Å². The first-order chi connectivity index (χ1) is 9.50. The van der Waals surface area contributed by atoms with E-state index in [9.17, 15) is 5.11 Å². The molecule has 0 aromatic rings. The molecular weight excluding hydrogens is 248 g/mol. The number of rotatable bonds is 6. The van der Waals surface area contributed by atoms with Gasteiger partial charge in [0.15, 0.2) is 0 Å². The fourth-order valence-corrected chi connectivity index (χ4v) is 4.03. The van der Waals surface area contributed by atoms with Gasteiger partial charge in [0.1, 0.15) is 0 Å². The van der Waals surface area contributed by atoms with Gasteiger partial charge in [0.05, 0.1) is 6.10 Å². The molecule has 1 N–H and O–H groups in total. The molecule has 2 saturated heterocycles. The Labute approximate surface area is 125 Å². The van der Waals surface area contributed by atoms with Gasteiger partial charge in [-0.15, -0.1) is 0 Å². The molecule has 0 aromatic carbocycles. The minimum Gasteiger partial charge on any atom is -0.393 e. The van der Waals surface area contributed by atoms with Crippen molar-refractivity contribution in [1.82, 2.24) is 9.80 Å². The topological polar surface area (TPSA) is 26.7 Å². The third-order valence-electron chi connectivity index (χ3n) is 5.10. The van der Waals surface area contributed by atoms with Crippen molar-refractivity contribution in [3.8, 4) is 0 Å². The largest absolute Gasteiger partial charge is 0.393 e. The molecule has 0 bridgehead atoms. The van der Waals surface area contributed by atoms with Crippen molar-refractivity contribution >= 4 is 0 Å². The summed E-state index contributed by atoms with van der Waals surface area (Å²) in [6.45, 7) is 14.3. The molecule has 0 amide bonds. The van der Waals surface area contributed by atoms with Gasteiger partial charge < -0.3 is 14.9 Å². The van der Waals surface area contributed by atoms with Gasteiger partial charge in [-0.3, -0.25) is 0 Å². The molecule has 2 aliphatic rings. The van der Waals surface area contributed by atoms with Crippen LogP contribution in [0.25, 0.3) is 0 Å². The quantitative estimate of drug-likeness (QED) is 0.811. The average molecular weight is 282 g/mol. The maximum atomic E-state index is 9.97. The third kappa shape index (κ3) is 4.71. The second-order valence-corrected chi connectivity index (χ2v) is 7.74. The van der Waals surface area contributed by atoms with Crippen LogP contribution in [0.4, 0.5) is 0 Å². The highest BCUT2D eigenvalue weighted by molar-refractivity contribution is 4.83. The fraction of sp³-hybridized carbons (Fsp3) is 1.00. The van der Waals surface area contributed by atoms with Crippen molar-refractivity contribution in [3.63, 3.8) is 0 Å². The number of hydrogen-bond acceptors (Lipinski definition) is 3. The van der Waals surface area contributed by atoms with E-state index in [0.717, 1.165) is 6.42 Å². The lowest BCUT2D eigenvalue weighted by molar-refractivity contribution is 0.0414. The molecule has 0 aromatic heterocycles. The highest BCUT2D eigenvalue weighted by Gasteiger charge is 2.29. The molecule has 0 spiro atoms. The fourth-order valence-electron chi connectivity index (χ4n) is 4.03. The number of nitrogens with zero attached hydrogens (tertiary/aromatic N) is 2.